The first kappa shape index (κ1) is 17.2. The van der Waals surface area contributed by atoms with Gasteiger partial charge < -0.3 is 5.32 Å². The van der Waals surface area contributed by atoms with Crippen LogP contribution >= 0.6 is 0 Å². The van der Waals surface area contributed by atoms with E-state index in [1.165, 1.54) is 18.4 Å². The maximum Gasteiger partial charge on any atom is 0.123 e. The van der Waals surface area contributed by atoms with E-state index in [2.05, 4.69) is 39.9 Å². The van der Waals surface area contributed by atoms with Crippen LogP contribution in [-0.4, -0.2) is 6.54 Å². The zero-order valence-electron chi connectivity index (χ0n) is 13.7. The Morgan fingerprint density at radius 2 is 1.75 bits per heavy atom. The molecule has 0 aliphatic rings. The highest BCUT2D eigenvalue weighted by Crippen LogP contribution is 2.26. The maximum atomic E-state index is 13.1. The number of nitrogens with one attached hydrogen (secondary N) is 1. The lowest BCUT2D eigenvalue weighted by Gasteiger charge is -2.30. The molecule has 0 heterocycles. The van der Waals surface area contributed by atoms with Gasteiger partial charge in [-0.2, -0.15) is 0 Å². The molecule has 114 valence electrons. The Morgan fingerprint density at radius 1 is 1.15 bits per heavy atom. The molecule has 0 aromatic heterocycles. The Morgan fingerprint density at radius 3 is 2.25 bits per heavy atom. The van der Waals surface area contributed by atoms with Crippen LogP contribution in [-0.2, 0) is 0 Å². The summed E-state index contributed by atoms with van der Waals surface area (Å²) in [4.78, 5) is 0. The minimum Gasteiger partial charge on any atom is -0.310 e. The molecule has 0 radical (unpaired) electrons. The molecule has 0 spiro atoms. The zero-order valence-corrected chi connectivity index (χ0v) is 13.7. The van der Waals surface area contributed by atoms with Crippen molar-refractivity contribution in [1.29, 1.82) is 0 Å². The quantitative estimate of drug-likeness (QED) is 0.711. The Hall–Kier alpha value is -0.890. The van der Waals surface area contributed by atoms with Gasteiger partial charge in [-0.15, -0.1) is 0 Å². The Bertz CT molecular complexity index is 377. The van der Waals surface area contributed by atoms with Gasteiger partial charge in [0, 0.05) is 6.04 Å². The van der Waals surface area contributed by atoms with Crippen LogP contribution in [0, 0.1) is 17.2 Å². The van der Waals surface area contributed by atoms with Gasteiger partial charge in [-0.25, -0.2) is 4.39 Å². The van der Waals surface area contributed by atoms with Crippen molar-refractivity contribution in [1.82, 2.24) is 5.32 Å². The summed E-state index contributed by atoms with van der Waals surface area (Å²) in [6.07, 6.45) is 3.49. The van der Waals surface area contributed by atoms with Gasteiger partial charge in [0.15, 0.2) is 0 Å². The molecule has 1 nitrogen and oxygen atoms in total. The average molecular weight is 279 g/mol. The lowest BCUT2D eigenvalue weighted by molar-refractivity contribution is 0.243. The Labute approximate surface area is 124 Å². The minimum absolute atomic E-state index is 0.161. The molecule has 0 saturated heterocycles. The molecule has 20 heavy (non-hydrogen) atoms. The summed E-state index contributed by atoms with van der Waals surface area (Å²) in [6, 6.07) is 7.27. The lowest BCUT2D eigenvalue weighted by atomic mass is 9.82. The molecule has 0 amide bonds. The SMILES string of the molecule is CCCCC(NCC(C)C(C)(C)C)c1ccc(F)cc1. The molecule has 2 unspecified atom stereocenters. The fraction of sp³-hybridized carbons (Fsp3) is 0.667. The summed E-state index contributed by atoms with van der Waals surface area (Å²) in [6.45, 7) is 12.3. The molecule has 1 rings (SSSR count). The maximum absolute atomic E-state index is 13.1. The Balaban J connectivity index is 2.67. The number of benzene rings is 1. The fourth-order valence-electron chi connectivity index (χ4n) is 2.12. The summed E-state index contributed by atoms with van der Waals surface area (Å²) >= 11 is 0. The van der Waals surface area contributed by atoms with Crippen LogP contribution in [0.5, 0.6) is 0 Å². The molecule has 2 atom stereocenters. The van der Waals surface area contributed by atoms with E-state index >= 15 is 0 Å². The smallest absolute Gasteiger partial charge is 0.123 e. The van der Waals surface area contributed by atoms with E-state index in [0.717, 1.165) is 13.0 Å². The van der Waals surface area contributed by atoms with Gasteiger partial charge in [0.25, 0.3) is 0 Å². The van der Waals surface area contributed by atoms with E-state index in [0.29, 0.717) is 17.4 Å². The number of halogens is 1. The van der Waals surface area contributed by atoms with Crippen LogP contribution in [0.1, 0.15) is 65.5 Å². The van der Waals surface area contributed by atoms with Gasteiger partial charge in [0.1, 0.15) is 5.82 Å². The molecule has 0 saturated carbocycles. The highest BCUT2D eigenvalue weighted by Gasteiger charge is 2.21. The summed E-state index contributed by atoms with van der Waals surface area (Å²) < 4.78 is 13.1. The van der Waals surface area contributed by atoms with Gasteiger partial charge in [-0.1, -0.05) is 59.6 Å². The van der Waals surface area contributed by atoms with Crippen molar-refractivity contribution in [3.05, 3.63) is 35.6 Å². The number of unbranched alkanes of at least 4 members (excludes halogenated alkanes) is 1. The van der Waals surface area contributed by atoms with Crippen LogP contribution in [0.2, 0.25) is 0 Å². The van der Waals surface area contributed by atoms with Gasteiger partial charge in [0.2, 0.25) is 0 Å². The zero-order chi connectivity index (χ0) is 15.2. The van der Waals surface area contributed by atoms with Gasteiger partial charge in [-0.05, 0) is 42.0 Å². The van der Waals surface area contributed by atoms with Gasteiger partial charge >= 0.3 is 0 Å². The van der Waals surface area contributed by atoms with E-state index < -0.39 is 0 Å². The molecular formula is C18H30FN. The third-order valence-electron chi connectivity index (χ3n) is 4.27. The lowest BCUT2D eigenvalue weighted by Crippen LogP contribution is -2.32. The molecule has 0 aliphatic heterocycles. The van der Waals surface area contributed by atoms with Crippen LogP contribution < -0.4 is 5.32 Å². The van der Waals surface area contributed by atoms with Crippen molar-refractivity contribution in [2.24, 2.45) is 11.3 Å². The van der Waals surface area contributed by atoms with Crippen molar-refractivity contribution < 1.29 is 4.39 Å². The van der Waals surface area contributed by atoms with Crippen LogP contribution in [0.25, 0.3) is 0 Å². The molecule has 2 heteroatoms. The molecule has 0 fully saturated rings. The molecule has 1 N–H and O–H groups in total. The summed E-state index contributed by atoms with van der Waals surface area (Å²) in [7, 11) is 0. The van der Waals surface area contributed by atoms with Crippen molar-refractivity contribution in [2.45, 2.75) is 59.9 Å². The summed E-state index contributed by atoms with van der Waals surface area (Å²) in [5.41, 5.74) is 1.51. The normalized spacial score (nSPS) is 15.1. The highest BCUT2D eigenvalue weighted by molar-refractivity contribution is 5.19. The highest BCUT2D eigenvalue weighted by atomic mass is 19.1. The average Bonchev–Trinajstić information content (AvgIpc) is 2.39. The van der Waals surface area contributed by atoms with Crippen molar-refractivity contribution >= 4 is 0 Å². The topological polar surface area (TPSA) is 12.0 Å². The van der Waals surface area contributed by atoms with Gasteiger partial charge in [0.05, 0.1) is 0 Å². The second-order valence-electron chi connectivity index (χ2n) is 6.92. The van der Waals surface area contributed by atoms with E-state index in [-0.39, 0.29) is 5.82 Å². The van der Waals surface area contributed by atoms with Crippen LogP contribution in [0.4, 0.5) is 4.39 Å². The molecule has 1 aromatic carbocycles. The first-order valence-electron chi connectivity index (χ1n) is 7.83. The number of rotatable bonds is 7. The summed E-state index contributed by atoms with van der Waals surface area (Å²) in [5.74, 6) is 0.443. The van der Waals surface area contributed by atoms with E-state index in [1.807, 2.05) is 12.1 Å². The molecule has 0 aliphatic carbocycles. The summed E-state index contributed by atoms with van der Waals surface area (Å²) in [5, 5.41) is 3.67. The Kier molecular flexibility index (Phi) is 6.67. The minimum atomic E-state index is -0.161. The van der Waals surface area contributed by atoms with Crippen molar-refractivity contribution in [2.75, 3.05) is 6.54 Å². The monoisotopic (exact) mass is 279 g/mol. The standard InChI is InChI=1S/C18H30FN/c1-6-7-8-17(15-9-11-16(19)12-10-15)20-13-14(2)18(3,4)5/h9-12,14,17,20H,6-8,13H2,1-5H3. The predicted octanol–water partition coefficient (Wildman–Crippen LogP) is 5.33. The molecule has 0 bridgehead atoms. The number of hydrogen-bond acceptors (Lipinski definition) is 1. The molecule has 1 aromatic rings. The fourth-order valence-corrected chi connectivity index (χ4v) is 2.12. The first-order chi connectivity index (χ1) is 9.34. The van der Waals surface area contributed by atoms with E-state index in [9.17, 15) is 4.39 Å². The molecular weight excluding hydrogens is 249 g/mol. The van der Waals surface area contributed by atoms with Crippen LogP contribution in [0.3, 0.4) is 0 Å². The second-order valence-corrected chi connectivity index (χ2v) is 6.92. The van der Waals surface area contributed by atoms with E-state index in [1.54, 1.807) is 12.1 Å². The van der Waals surface area contributed by atoms with Gasteiger partial charge in [-0.3, -0.25) is 0 Å². The second kappa shape index (κ2) is 7.78. The van der Waals surface area contributed by atoms with Crippen LogP contribution in [0.15, 0.2) is 24.3 Å². The first-order valence-corrected chi connectivity index (χ1v) is 7.83. The van der Waals surface area contributed by atoms with Crippen molar-refractivity contribution in [3.63, 3.8) is 0 Å². The van der Waals surface area contributed by atoms with Crippen molar-refractivity contribution in [3.8, 4) is 0 Å². The third kappa shape index (κ3) is 5.62. The largest absolute Gasteiger partial charge is 0.310 e. The number of hydrogen-bond donors (Lipinski definition) is 1. The third-order valence-corrected chi connectivity index (χ3v) is 4.27. The van der Waals surface area contributed by atoms with E-state index in [4.69, 9.17) is 0 Å². The predicted molar refractivity (Wildman–Crippen MR) is 85.3 cm³/mol.